The molecule has 98 valence electrons. The lowest BCUT2D eigenvalue weighted by molar-refractivity contribution is -0.119. The van der Waals surface area contributed by atoms with Gasteiger partial charge in [-0.05, 0) is 19.1 Å². The van der Waals surface area contributed by atoms with Gasteiger partial charge in [0.15, 0.2) is 0 Å². The molecule has 3 heteroatoms. The zero-order valence-electron chi connectivity index (χ0n) is 9.10. The Morgan fingerprint density at radius 2 is 1.88 bits per heavy atom. The van der Waals surface area contributed by atoms with Crippen molar-refractivity contribution >= 4 is 17.5 Å². The van der Waals surface area contributed by atoms with Gasteiger partial charge in [0.05, 0.1) is 6.10 Å². The molecular weight excluding hydrogens is 232 g/mol. The van der Waals surface area contributed by atoms with Gasteiger partial charge in [0, 0.05) is 24.2 Å². The quantitative estimate of drug-likeness (QED) is 0.718. The zero-order chi connectivity index (χ0) is 11.1. The summed E-state index contributed by atoms with van der Waals surface area (Å²) in [5.41, 5.74) is 0. The van der Waals surface area contributed by atoms with Crippen LogP contribution >= 0.6 is 11.8 Å². The van der Waals surface area contributed by atoms with Crippen LogP contribution in [0.3, 0.4) is 0 Å². The third-order valence-electron chi connectivity index (χ3n) is 2.03. The fraction of sp³-hybridized carbons (Fsp3) is 0.500. The Kier molecular flexibility index (Phi) is 11.3. The number of Topliss-reactive ketones (excluding diaryl/α,β-unsaturated/α-hetero) is 1. The molecule has 0 aromatic heterocycles. The number of hydrogen-bond donors (Lipinski definition) is 0. The second kappa shape index (κ2) is 10.4. The van der Waals surface area contributed by atoms with Crippen molar-refractivity contribution in [1.82, 2.24) is 0 Å². The molecule has 2 nitrogen and oxygen atoms in total. The number of methoxy groups -OCH3 is 1. The summed E-state index contributed by atoms with van der Waals surface area (Å²) in [5.74, 6) is 0.996. The predicted molar refractivity (Wildman–Crippen MR) is 76.7 cm³/mol. The molecule has 1 atom stereocenters. The van der Waals surface area contributed by atoms with Crippen molar-refractivity contribution in [3.05, 3.63) is 30.3 Å². The standard InChI is InChI=1S/C12H16O2S.2CH4/c1-10(13)8-11(14-2)9-15-12-6-4-3-5-7-12;;/h3-7,11H,8-9H2,1-2H3;2*1H4. The van der Waals surface area contributed by atoms with Gasteiger partial charge in [-0.15, -0.1) is 11.8 Å². The number of carbonyl (C=O) groups excluding carboxylic acids is 1. The van der Waals surface area contributed by atoms with Gasteiger partial charge in [0.2, 0.25) is 0 Å². The molecule has 0 aliphatic heterocycles. The third-order valence-corrected chi connectivity index (χ3v) is 3.17. The molecule has 0 heterocycles. The highest BCUT2D eigenvalue weighted by molar-refractivity contribution is 7.99. The Bertz CT molecular complexity index is 298. The van der Waals surface area contributed by atoms with Crippen LogP contribution in [0.25, 0.3) is 0 Å². The number of rotatable bonds is 6. The lowest BCUT2D eigenvalue weighted by atomic mass is 10.2. The van der Waals surface area contributed by atoms with Gasteiger partial charge in [-0.25, -0.2) is 0 Å². The van der Waals surface area contributed by atoms with E-state index >= 15 is 0 Å². The summed E-state index contributed by atoms with van der Waals surface area (Å²) >= 11 is 1.72. The van der Waals surface area contributed by atoms with Crippen LogP contribution in [0.1, 0.15) is 28.2 Å². The van der Waals surface area contributed by atoms with E-state index in [9.17, 15) is 4.79 Å². The SMILES string of the molecule is C.C.COC(CSc1ccccc1)CC(C)=O. The number of benzene rings is 1. The van der Waals surface area contributed by atoms with Crippen LogP contribution in [0.4, 0.5) is 0 Å². The molecule has 0 spiro atoms. The first-order valence-electron chi connectivity index (χ1n) is 4.92. The van der Waals surface area contributed by atoms with Crippen molar-refractivity contribution in [2.75, 3.05) is 12.9 Å². The fourth-order valence-electron chi connectivity index (χ4n) is 1.24. The minimum Gasteiger partial charge on any atom is -0.380 e. The van der Waals surface area contributed by atoms with Crippen LogP contribution in [0.2, 0.25) is 0 Å². The fourth-order valence-corrected chi connectivity index (χ4v) is 2.22. The van der Waals surface area contributed by atoms with Crippen molar-refractivity contribution in [1.29, 1.82) is 0 Å². The molecular formula is C14H24O2S. The van der Waals surface area contributed by atoms with Crippen LogP contribution in [-0.4, -0.2) is 24.7 Å². The minimum absolute atomic E-state index is 0. The van der Waals surface area contributed by atoms with Crippen molar-refractivity contribution < 1.29 is 9.53 Å². The van der Waals surface area contributed by atoms with Gasteiger partial charge in [-0.2, -0.15) is 0 Å². The Hall–Kier alpha value is -0.800. The van der Waals surface area contributed by atoms with Crippen molar-refractivity contribution in [2.45, 2.75) is 39.2 Å². The van der Waals surface area contributed by atoms with Crippen molar-refractivity contribution in [3.8, 4) is 0 Å². The van der Waals surface area contributed by atoms with Crippen LogP contribution in [-0.2, 0) is 9.53 Å². The minimum atomic E-state index is 0. The van der Waals surface area contributed by atoms with Crippen molar-refractivity contribution in [3.63, 3.8) is 0 Å². The van der Waals surface area contributed by atoms with E-state index in [4.69, 9.17) is 4.74 Å². The summed E-state index contributed by atoms with van der Waals surface area (Å²) in [7, 11) is 1.65. The normalized spacial score (nSPS) is 10.9. The zero-order valence-corrected chi connectivity index (χ0v) is 9.92. The average Bonchev–Trinajstić information content (AvgIpc) is 2.25. The maximum Gasteiger partial charge on any atom is 0.132 e. The van der Waals surface area contributed by atoms with Gasteiger partial charge < -0.3 is 4.74 Å². The summed E-state index contributed by atoms with van der Waals surface area (Å²) in [5, 5.41) is 0. The molecule has 0 bridgehead atoms. The Labute approximate surface area is 110 Å². The smallest absolute Gasteiger partial charge is 0.132 e. The molecule has 1 rings (SSSR count). The summed E-state index contributed by atoms with van der Waals surface area (Å²) in [6, 6.07) is 10.1. The van der Waals surface area contributed by atoms with E-state index in [1.54, 1.807) is 25.8 Å². The van der Waals surface area contributed by atoms with Gasteiger partial charge in [0.25, 0.3) is 0 Å². The van der Waals surface area contributed by atoms with Gasteiger partial charge in [-0.3, -0.25) is 4.79 Å². The number of hydrogen-bond acceptors (Lipinski definition) is 3. The van der Waals surface area contributed by atoms with E-state index < -0.39 is 0 Å². The van der Waals surface area contributed by atoms with Gasteiger partial charge in [0.1, 0.15) is 5.78 Å². The second-order valence-corrected chi connectivity index (χ2v) is 4.48. The lowest BCUT2D eigenvalue weighted by Gasteiger charge is -2.12. The highest BCUT2D eigenvalue weighted by Crippen LogP contribution is 2.19. The molecule has 1 aromatic rings. The number of carbonyl (C=O) groups is 1. The first-order chi connectivity index (χ1) is 7.22. The van der Waals surface area contributed by atoms with Crippen LogP contribution < -0.4 is 0 Å². The average molecular weight is 256 g/mol. The summed E-state index contributed by atoms with van der Waals surface area (Å²) < 4.78 is 5.24. The Morgan fingerprint density at radius 3 is 2.35 bits per heavy atom. The molecule has 17 heavy (non-hydrogen) atoms. The molecule has 0 radical (unpaired) electrons. The highest BCUT2D eigenvalue weighted by Gasteiger charge is 2.10. The van der Waals surface area contributed by atoms with E-state index in [-0.39, 0.29) is 26.7 Å². The monoisotopic (exact) mass is 256 g/mol. The first kappa shape index (κ1) is 18.6. The molecule has 0 amide bonds. The summed E-state index contributed by atoms with van der Waals surface area (Å²) in [6.07, 6.45) is 0.517. The van der Waals surface area contributed by atoms with Gasteiger partial charge in [-0.1, -0.05) is 33.1 Å². The van der Waals surface area contributed by atoms with E-state index in [0.717, 1.165) is 5.75 Å². The Balaban J connectivity index is 0. The summed E-state index contributed by atoms with van der Waals surface area (Å²) in [4.78, 5) is 12.1. The molecule has 0 aliphatic rings. The van der Waals surface area contributed by atoms with Gasteiger partial charge >= 0.3 is 0 Å². The maximum atomic E-state index is 10.9. The van der Waals surface area contributed by atoms with E-state index in [1.165, 1.54) is 4.90 Å². The second-order valence-electron chi connectivity index (χ2n) is 3.39. The lowest BCUT2D eigenvalue weighted by Crippen LogP contribution is -2.17. The van der Waals surface area contributed by atoms with Crippen LogP contribution in [0, 0.1) is 0 Å². The molecule has 0 aliphatic carbocycles. The topological polar surface area (TPSA) is 26.3 Å². The first-order valence-corrected chi connectivity index (χ1v) is 5.91. The van der Waals surface area contributed by atoms with E-state index in [2.05, 4.69) is 12.1 Å². The van der Waals surface area contributed by atoms with Crippen molar-refractivity contribution in [2.24, 2.45) is 0 Å². The highest BCUT2D eigenvalue weighted by atomic mass is 32.2. The summed E-state index contributed by atoms with van der Waals surface area (Å²) in [6.45, 7) is 1.60. The molecule has 0 saturated carbocycles. The molecule has 1 aromatic carbocycles. The molecule has 1 unspecified atom stereocenters. The Morgan fingerprint density at radius 1 is 1.29 bits per heavy atom. The molecule has 0 fully saturated rings. The van der Waals surface area contributed by atoms with Crippen LogP contribution in [0.5, 0.6) is 0 Å². The molecule has 0 N–H and O–H groups in total. The number of ether oxygens (including phenoxy) is 1. The van der Waals surface area contributed by atoms with Crippen LogP contribution in [0.15, 0.2) is 35.2 Å². The maximum absolute atomic E-state index is 10.9. The number of ketones is 1. The van der Waals surface area contributed by atoms with E-state index in [0.29, 0.717) is 6.42 Å². The number of thioether (sulfide) groups is 1. The molecule has 0 saturated heterocycles. The largest absolute Gasteiger partial charge is 0.380 e. The third kappa shape index (κ3) is 8.00. The predicted octanol–water partition coefficient (Wildman–Crippen LogP) is 4.05. The van der Waals surface area contributed by atoms with E-state index in [1.807, 2.05) is 18.2 Å².